The third kappa shape index (κ3) is 4.04. The van der Waals surface area contributed by atoms with Crippen LogP contribution in [-0.4, -0.2) is 29.8 Å². The summed E-state index contributed by atoms with van der Waals surface area (Å²) >= 11 is 0. The Morgan fingerprint density at radius 2 is 2.11 bits per heavy atom. The molecule has 0 saturated carbocycles. The van der Waals surface area contributed by atoms with E-state index >= 15 is 0 Å². The second-order valence-electron chi connectivity index (χ2n) is 4.88. The SMILES string of the molecule is CCOC(C)(C)CNc1ccc(C(=O)O)cc1C. The van der Waals surface area contributed by atoms with Gasteiger partial charge in [-0.3, -0.25) is 0 Å². The first-order valence-electron chi connectivity index (χ1n) is 6.07. The third-order valence-electron chi connectivity index (χ3n) is 2.71. The van der Waals surface area contributed by atoms with Gasteiger partial charge in [0, 0.05) is 18.8 Å². The predicted molar refractivity (Wildman–Crippen MR) is 72.3 cm³/mol. The number of hydrogen-bond acceptors (Lipinski definition) is 3. The first kappa shape index (κ1) is 14.5. The van der Waals surface area contributed by atoms with Crippen LogP contribution in [0.1, 0.15) is 36.7 Å². The van der Waals surface area contributed by atoms with Crippen molar-refractivity contribution in [3.05, 3.63) is 29.3 Å². The molecule has 0 amide bonds. The molecule has 1 aromatic rings. The van der Waals surface area contributed by atoms with Gasteiger partial charge in [0.1, 0.15) is 0 Å². The van der Waals surface area contributed by atoms with Gasteiger partial charge in [0.2, 0.25) is 0 Å². The molecule has 0 fully saturated rings. The Hall–Kier alpha value is -1.55. The molecule has 0 atom stereocenters. The van der Waals surface area contributed by atoms with Crippen LogP contribution in [0, 0.1) is 6.92 Å². The van der Waals surface area contributed by atoms with Gasteiger partial charge in [0.15, 0.2) is 0 Å². The highest BCUT2D eigenvalue weighted by Gasteiger charge is 2.17. The summed E-state index contributed by atoms with van der Waals surface area (Å²) in [4.78, 5) is 10.8. The minimum atomic E-state index is -0.903. The first-order chi connectivity index (χ1) is 8.35. The second kappa shape index (κ2) is 5.87. The zero-order valence-electron chi connectivity index (χ0n) is 11.4. The van der Waals surface area contributed by atoms with Crippen LogP contribution in [0.4, 0.5) is 5.69 Å². The van der Waals surface area contributed by atoms with E-state index in [9.17, 15) is 4.79 Å². The van der Waals surface area contributed by atoms with Gasteiger partial charge in [-0.15, -0.1) is 0 Å². The maximum absolute atomic E-state index is 10.8. The number of carbonyl (C=O) groups is 1. The Morgan fingerprint density at radius 3 is 2.61 bits per heavy atom. The van der Waals surface area contributed by atoms with Gasteiger partial charge in [0.25, 0.3) is 0 Å². The summed E-state index contributed by atoms with van der Waals surface area (Å²) in [5, 5.41) is 12.2. The Balaban J connectivity index is 2.71. The minimum Gasteiger partial charge on any atom is -0.478 e. The van der Waals surface area contributed by atoms with Gasteiger partial charge < -0.3 is 15.2 Å². The average molecular weight is 251 g/mol. The standard InChI is InChI=1S/C14H21NO3/c1-5-18-14(3,4)9-15-12-7-6-11(13(16)17)8-10(12)2/h6-8,15H,5,9H2,1-4H3,(H,16,17). The molecule has 0 saturated heterocycles. The summed E-state index contributed by atoms with van der Waals surface area (Å²) in [6, 6.07) is 5.06. The largest absolute Gasteiger partial charge is 0.478 e. The zero-order chi connectivity index (χ0) is 13.8. The number of rotatable bonds is 6. The molecule has 0 radical (unpaired) electrons. The molecule has 0 spiro atoms. The van der Waals surface area contributed by atoms with Crippen molar-refractivity contribution in [1.29, 1.82) is 0 Å². The topological polar surface area (TPSA) is 58.6 Å². The van der Waals surface area contributed by atoms with Crippen LogP contribution in [0.15, 0.2) is 18.2 Å². The van der Waals surface area contributed by atoms with Gasteiger partial charge in [-0.2, -0.15) is 0 Å². The molecule has 0 aromatic heterocycles. The molecule has 100 valence electrons. The van der Waals surface area contributed by atoms with Crippen molar-refractivity contribution < 1.29 is 14.6 Å². The van der Waals surface area contributed by atoms with Crippen molar-refractivity contribution in [1.82, 2.24) is 0 Å². The minimum absolute atomic E-state index is 0.243. The Labute approximate surface area is 108 Å². The number of aromatic carboxylic acids is 1. The van der Waals surface area contributed by atoms with E-state index in [1.54, 1.807) is 18.2 Å². The van der Waals surface area contributed by atoms with Crippen LogP contribution in [-0.2, 0) is 4.74 Å². The number of ether oxygens (including phenoxy) is 1. The number of aryl methyl sites for hydroxylation is 1. The van der Waals surface area contributed by atoms with Crippen molar-refractivity contribution in [2.24, 2.45) is 0 Å². The average Bonchev–Trinajstić information content (AvgIpc) is 2.27. The van der Waals surface area contributed by atoms with Gasteiger partial charge >= 0.3 is 5.97 Å². The van der Waals surface area contributed by atoms with Crippen molar-refractivity contribution in [3.8, 4) is 0 Å². The molecule has 0 heterocycles. The van der Waals surface area contributed by atoms with Crippen molar-refractivity contribution in [3.63, 3.8) is 0 Å². The Morgan fingerprint density at radius 1 is 1.44 bits per heavy atom. The van der Waals surface area contributed by atoms with E-state index in [2.05, 4.69) is 5.32 Å². The predicted octanol–water partition coefficient (Wildman–Crippen LogP) is 2.92. The van der Waals surface area contributed by atoms with Crippen LogP contribution >= 0.6 is 0 Å². The van der Waals surface area contributed by atoms with E-state index in [1.807, 2.05) is 27.7 Å². The highest BCUT2D eigenvalue weighted by molar-refractivity contribution is 5.88. The highest BCUT2D eigenvalue weighted by atomic mass is 16.5. The molecular formula is C14H21NO3. The van der Waals surface area contributed by atoms with Gasteiger partial charge in [-0.25, -0.2) is 4.79 Å². The van der Waals surface area contributed by atoms with Gasteiger partial charge in [-0.05, 0) is 51.5 Å². The molecule has 1 aromatic carbocycles. The van der Waals surface area contributed by atoms with E-state index in [4.69, 9.17) is 9.84 Å². The quantitative estimate of drug-likeness (QED) is 0.816. The number of hydrogen-bond donors (Lipinski definition) is 2. The summed E-state index contributed by atoms with van der Waals surface area (Å²) in [6.07, 6.45) is 0. The van der Waals surface area contributed by atoms with Crippen LogP contribution in [0.2, 0.25) is 0 Å². The zero-order valence-corrected chi connectivity index (χ0v) is 11.4. The fraction of sp³-hybridized carbons (Fsp3) is 0.500. The molecule has 0 aliphatic rings. The van der Waals surface area contributed by atoms with E-state index in [-0.39, 0.29) is 5.60 Å². The van der Waals surface area contributed by atoms with Gasteiger partial charge in [0.05, 0.1) is 11.2 Å². The summed E-state index contributed by atoms with van der Waals surface area (Å²) < 4.78 is 5.60. The highest BCUT2D eigenvalue weighted by Crippen LogP contribution is 2.18. The normalized spacial score (nSPS) is 11.3. The van der Waals surface area contributed by atoms with E-state index in [0.717, 1.165) is 11.3 Å². The van der Waals surface area contributed by atoms with Crippen molar-refractivity contribution in [2.75, 3.05) is 18.5 Å². The molecule has 0 aliphatic carbocycles. The fourth-order valence-corrected chi connectivity index (χ4v) is 1.74. The first-order valence-corrected chi connectivity index (χ1v) is 6.07. The van der Waals surface area contributed by atoms with Crippen LogP contribution in [0.5, 0.6) is 0 Å². The molecule has 4 heteroatoms. The molecule has 0 unspecified atom stereocenters. The summed E-state index contributed by atoms with van der Waals surface area (Å²) in [6.45, 7) is 9.24. The molecule has 0 bridgehead atoms. The molecule has 0 aliphatic heterocycles. The molecule has 18 heavy (non-hydrogen) atoms. The molecule has 1 rings (SSSR count). The maximum Gasteiger partial charge on any atom is 0.335 e. The smallest absolute Gasteiger partial charge is 0.335 e. The van der Waals surface area contributed by atoms with E-state index < -0.39 is 5.97 Å². The number of carboxylic acid groups (broad SMARTS) is 1. The number of nitrogens with one attached hydrogen (secondary N) is 1. The van der Waals surface area contributed by atoms with E-state index in [0.29, 0.717) is 18.7 Å². The lowest BCUT2D eigenvalue weighted by Gasteiger charge is -2.26. The Kier molecular flexibility index (Phi) is 4.73. The van der Waals surface area contributed by atoms with Crippen molar-refractivity contribution in [2.45, 2.75) is 33.3 Å². The van der Waals surface area contributed by atoms with Crippen LogP contribution in [0.3, 0.4) is 0 Å². The number of benzene rings is 1. The Bertz CT molecular complexity index is 427. The lowest BCUT2D eigenvalue weighted by Crippen LogP contribution is -2.33. The second-order valence-corrected chi connectivity index (χ2v) is 4.88. The maximum atomic E-state index is 10.8. The lowest BCUT2D eigenvalue weighted by atomic mass is 10.1. The van der Waals surface area contributed by atoms with E-state index in [1.165, 1.54) is 0 Å². The summed E-state index contributed by atoms with van der Waals surface area (Å²) in [5.41, 5.74) is 1.92. The summed E-state index contributed by atoms with van der Waals surface area (Å²) in [7, 11) is 0. The molecule has 2 N–H and O–H groups in total. The summed E-state index contributed by atoms with van der Waals surface area (Å²) in [5.74, 6) is -0.903. The van der Waals surface area contributed by atoms with Crippen LogP contribution < -0.4 is 5.32 Å². The number of anilines is 1. The fourth-order valence-electron chi connectivity index (χ4n) is 1.74. The monoisotopic (exact) mass is 251 g/mol. The van der Waals surface area contributed by atoms with Gasteiger partial charge in [-0.1, -0.05) is 0 Å². The number of carboxylic acids is 1. The molecule has 4 nitrogen and oxygen atoms in total. The third-order valence-corrected chi connectivity index (χ3v) is 2.71. The lowest BCUT2D eigenvalue weighted by molar-refractivity contribution is 0.000685. The molecular weight excluding hydrogens is 230 g/mol. The van der Waals surface area contributed by atoms with Crippen molar-refractivity contribution >= 4 is 11.7 Å². The van der Waals surface area contributed by atoms with Crippen LogP contribution in [0.25, 0.3) is 0 Å².